The van der Waals surface area contributed by atoms with Crippen molar-refractivity contribution in [2.24, 2.45) is 0 Å². The van der Waals surface area contributed by atoms with Crippen LogP contribution in [0.1, 0.15) is 32.6 Å². The molecule has 0 unspecified atom stereocenters. The van der Waals surface area contributed by atoms with Crippen LogP contribution in [0.2, 0.25) is 0 Å². The third kappa shape index (κ3) is 2.19. The van der Waals surface area contributed by atoms with Gasteiger partial charge in [0, 0.05) is 0 Å². The van der Waals surface area contributed by atoms with E-state index in [1.165, 1.54) is 0 Å². The van der Waals surface area contributed by atoms with Crippen LogP contribution in [0.3, 0.4) is 0 Å². The van der Waals surface area contributed by atoms with E-state index in [1.807, 2.05) is 12.2 Å². The van der Waals surface area contributed by atoms with Crippen molar-refractivity contribution >= 4 is 0 Å². The van der Waals surface area contributed by atoms with Gasteiger partial charge in [-0.15, -0.1) is 0 Å². The van der Waals surface area contributed by atoms with Gasteiger partial charge in [0.1, 0.15) is 0 Å². The molecule has 1 rings (SSSR count). The SMILES string of the molecule is CCCCC1(NO)C=CCC=C1. The lowest BCUT2D eigenvalue weighted by atomic mass is 9.89. The van der Waals surface area contributed by atoms with E-state index < -0.39 is 0 Å². The summed E-state index contributed by atoms with van der Waals surface area (Å²) in [6.45, 7) is 2.15. The predicted molar refractivity (Wildman–Crippen MR) is 50.1 cm³/mol. The third-order valence-corrected chi connectivity index (χ3v) is 2.25. The molecule has 0 heterocycles. The van der Waals surface area contributed by atoms with E-state index >= 15 is 0 Å². The molecule has 0 amide bonds. The molecule has 0 spiro atoms. The van der Waals surface area contributed by atoms with E-state index in [-0.39, 0.29) is 5.54 Å². The molecule has 12 heavy (non-hydrogen) atoms. The fraction of sp³-hybridized carbons (Fsp3) is 0.600. The van der Waals surface area contributed by atoms with Gasteiger partial charge in [0.2, 0.25) is 0 Å². The van der Waals surface area contributed by atoms with Gasteiger partial charge >= 0.3 is 0 Å². The Hall–Kier alpha value is -0.600. The van der Waals surface area contributed by atoms with Gasteiger partial charge in [-0.05, 0) is 12.8 Å². The molecule has 0 saturated heterocycles. The molecule has 0 bridgehead atoms. The van der Waals surface area contributed by atoms with Crippen molar-refractivity contribution in [3.8, 4) is 0 Å². The number of nitrogens with one attached hydrogen (secondary N) is 1. The fourth-order valence-corrected chi connectivity index (χ4v) is 1.46. The topological polar surface area (TPSA) is 32.3 Å². The van der Waals surface area contributed by atoms with Gasteiger partial charge in [-0.1, -0.05) is 44.1 Å². The second-order valence-electron chi connectivity index (χ2n) is 3.30. The number of unbranched alkanes of at least 4 members (excludes halogenated alkanes) is 1. The van der Waals surface area contributed by atoms with Crippen molar-refractivity contribution in [1.82, 2.24) is 5.48 Å². The summed E-state index contributed by atoms with van der Waals surface area (Å²) >= 11 is 0. The Morgan fingerprint density at radius 3 is 2.58 bits per heavy atom. The zero-order chi connectivity index (χ0) is 8.86. The van der Waals surface area contributed by atoms with E-state index in [4.69, 9.17) is 5.21 Å². The maximum atomic E-state index is 9.02. The first-order valence-electron chi connectivity index (χ1n) is 4.59. The molecule has 2 heteroatoms. The van der Waals surface area contributed by atoms with E-state index in [0.29, 0.717) is 0 Å². The van der Waals surface area contributed by atoms with Gasteiger partial charge in [-0.2, -0.15) is 5.48 Å². The molecule has 68 valence electrons. The van der Waals surface area contributed by atoms with Crippen LogP contribution in [0.5, 0.6) is 0 Å². The number of rotatable bonds is 4. The monoisotopic (exact) mass is 167 g/mol. The molecule has 1 aliphatic carbocycles. The summed E-state index contributed by atoms with van der Waals surface area (Å²) in [5.74, 6) is 0. The third-order valence-electron chi connectivity index (χ3n) is 2.25. The smallest absolute Gasteiger partial charge is 0.0789 e. The number of hydrogen-bond donors (Lipinski definition) is 2. The lowest BCUT2D eigenvalue weighted by Crippen LogP contribution is -2.40. The zero-order valence-corrected chi connectivity index (χ0v) is 7.59. The summed E-state index contributed by atoms with van der Waals surface area (Å²) in [5.41, 5.74) is 2.10. The van der Waals surface area contributed by atoms with Crippen LogP contribution in [0.25, 0.3) is 0 Å². The average molecular weight is 167 g/mol. The highest BCUT2D eigenvalue weighted by molar-refractivity contribution is 5.22. The molecule has 1 aliphatic rings. The first-order chi connectivity index (χ1) is 5.83. The van der Waals surface area contributed by atoms with Crippen LogP contribution in [-0.2, 0) is 0 Å². The van der Waals surface area contributed by atoms with Gasteiger partial charge in [0.25, 0.3) is 0 Å². The Morgan fingerprint density at radius 1 is 1.42 bits per heavy atom. The Balaban J connectivity index is 2.55. The number of allylic oxidation sites excluding steroid dienone is 2. The minimum atomic E-state index is -0.283. The highest BCUT2D eigenvalue weighted by atomic mass is 16.5. The standard InChI is InChI=1S/C10H17NO/c1-2-3-7-10(11-12)8-5-4-6-9-10/h5-6,8-9,11-12H,2-4,7H2,1H3. The molecular formula is C10H17NO. The fourth-order valence-electron chi connectivity index (χ4n) is 1.46. The summed E-state index contributed by atoms with van der Waals surface area (Å²) in [7, 11) is 0. The van der Waals surface area contributed by atoms with Gasteiger partial charge in [-0.25, -0.2) is 0 Å². The Morgan fingerprint density at radius 2 is 2.08 bits per heavy atom. The molecule has 0 radical (unpaired) electrons. The van der Waals surface area contributed by atoms with Gasteiger partial charge < -0.3 is 5.21 Å². The summed E-state index contributed by atoms with van der Waals surface area (Å²) in [6, 6.07) is 0. The van der Waals surface area contributed by atoms with Crippen LogP contribution >= 0.6 is 0 Å². The Kier molecular flexibility index (Phi) is 3.50. The summed E-state index contributed by atoms with van der Waals surface area (Å²) < 4.78 is 0. The van der Waals surface area contributed by atoms with Crippen LogP contribution in [0, 0.1) is 0 Å². The summed E-state index contributed by atoms with van der Waals surface area (Å²) in [5, 5.41) is 9.02. The molecule has 2 N–H and O–H groups in total. The van der Waals surface area contributed by atoms with E-state index in [0.717, 1.165) is 25.7 Å². The molecule has 2 nitrogen and oxygen atoms in total. The van der Waals surface area contributed by atoms with Crippen molar-refractivity contribution in [2.75, 3.05) is 0 Å². The molecule has 0 aromatic rings. The van der Waals surface area contributed by atoms with Crippen LogP contribution < -0.4 is 5.48 Å². The van der Waals surface area contributed by atoms with Crippen LogP contribution in [0.4, 0.5) is 0 Å². The van der Waals surface area contributed by atoms with Gasteiger partial charge in [0.05, 0.1) is 5.54 Å². The summed E-state index contributed by atoms with van der Waals surface area (Å²) in [4.78, 5) is 0. The molecule has 0 aromatic heterocycles. The zero-order valence-electron chi connectivity index (χ0n) is 7.59. The second kappa shape index (κ2) is 4.43. The second-order valence-corrected chi connectivity index (χ2v) is 3.30. The summed E-state index contributed by atoms with van der Waals surface area (Å²) in [6.07, 6.45) is 12.5. The van der Waals surface area contributed by atoms with Crippen molar-refractivity contribution in [2.45, 2.75) is 38.1 Å². The van der Waals surface area contributed by atoms with Crippen molar-refractivity contribution < 1.29 is 5.21 Å². The molecule has 0 saturated carbocycles. The quantitative estimate of drug-likeness (QED) is 0.498. The molecule has 0 aromatic carbocycles. The maximum Gasteiger partial charge on any atom is 0.0789 e. The van der Waals surface area contributed by atoms with Gasteiger partial charge in [0.15, 0.2) is 0 Å². The van der Waals surface area contributed by atoms with E-state index in [2.05, 4.69) is 24.6 Å². The number of hydroxylamine groups is 1. The minimum Gasteiger partial charge on any atom is -0.316 e. The minimum absolute atomic E-state index is 0.283. The lowest BCUT2D eigenvalue weighted by Gasteiger charge is -2.27. The predicted octanol–water partition coefficient (Wildman–Crippen LogP) is 2.41. The first-order valence-corrected chi connectivity index (χ1v) is 4.59. The highest BCUT2D eigenvalue weighted by Crippen LogP contribution is 2.21. The van der Waals surface area contributed by atoms with Crippen LogP contribution in [0.15, 0.2) is 24.3 Å². The Bertz CT molecular complexity index is 172. The lowest BCUT2D eigenvalue weighted by molar-refractivity contribution is 0.104. The Labute approximate surface area is 73.9 Å². The largest absolute Gasteiger partial charge is 0.316 e. The first kappa shape index (κ1) is 9.49. The normalized spacial score (nSPS) is 19.8. The molecule has 0 aliphatic heterocycles. The van der Waals surface area contributed by atoms with Crippen LogP contribution in [-0.4, -0.2) is 10.7 Å². The molecule has 0 atom stereocenters. The molecular weight excluding hydrogens is 150 g/mol. The van der Waals surface area contributed by atoms with E-state index in [1.54, 1.807) is 0 Å². The molecule has 0 fully saturated rings. The average Bonchev–Trinajstić information content (AvgIpc) is 2.16. The van der Waals surface area contributed by atoms with Crippen molar-refractivity contribution in [3.05, 3.63) is 24.3 Å². The van der Waals surface area contributed by atoms with Crippen molar-refractivity contribution in [1.29, 1.82) is 0 Å². The van der Waals surface area contributed by atoms with Crippen molar-refractivity contribution in [3.63, 3.8) is 0 Å². The van der Waals surface area contributed by atoms with E-state index in [9.17, 15) is 0 Å². The number of hydrogen-bond acceptors (Lipinski definition) is 2. The van der Waals surface area contributed by atoms with Gasteiger partial charge in [-0.3, -0.25) is 0 Å². The highest BCUT2D eigenvalue weighted by Gasteiger charge is 2.22. The maximum absolute atomic E-state index is 9.02.